The average molecular weight is 341 g/mol. The van der Waals surface area contributed by atoms with E-state index in [1.165, 1.54) is 12.8 Å². The van der Waals surface area contributed by atoms with Crippen molar-refractivity contribution in [2.24, 2.45) is 5.73 Å². The fourth-order valence-electron chi connectivity index (χ4n) is 2.56. The van der Waals surface area contributed by atoms with Gasteiger partial charge in [-0.1, -0.05) is 6.42 Å². The largest absolute Gasteiger partial charge is 0.444 e. The zero-order valence-electron chi connectivity index (χ0n) is 11.1. The third-order valence-electron chi connectivity index (χ3n) is 3.61. The maximum absolute atomic E-state index is 5.82. The summed E-state index contributed by atoms with van der Waals surface area (Å²) in [6, 6.07) is 4.01. The lowest BCUT2D eigenvalue weighted by atomic mass is 10.0. The lowest BCUT2D eigenvalue weighted by Gasteiger charge is -2.33. The molecule has 1 unspecified atom stereocenters. The standard InChI is InChI=1S/C13H17BrN4O2/c14-11-5-4-10(19-11)13-17-16-12(20-13)8-18-6-2-1-3-9(18)7-15/h4-5,9H,1-3,6-8,15H2. The molecule has 0 aromatic carbocycles. The minimum atomic E-state index is 0.409. The Morgan fingerprint density at radius 2 is 2.20 bits per heavy atom. The predicted molar refractivity (Wildman–Crippen MR) is 76.8 cm³/mol. The number of hydrogen-bond acceptors (Lipinski definition) is 6. The van der Waals surface area contributed by atoms with Crippen LogP contribution >= 0.6 is 15.9 Å². The van der Waals surface area contributed by atoms with Crippen LogP contribution in [-0.4, -0.2) is 34.2 Å². The summed E-state index contributed by atoms with van der Waals surface area (Å²) >= 11 is 3.25. The monoisotopic (exact) mass is 340 g/mol. The van der Waals surface area contributed by atoms with E-state index in [1.54, 1.807) is 12.1 Å². The maximum Gasteiger partial charge on any atom is 0.283 e. The van der Waals surface area contributed by atoms with Crippen LogP contribution in [0.2, 0.25) is 0 Å². The van der Waals surface area contributed by atoms with Gasteiger partial charge in [0.25, 0.3) is 5.89 Å². The van der Waals surface area contributed by atoms with Gasteiger partial charge in [-0.15, -0.1) is 10.2 Å². The summed E-state index contributed by atoms with van der Waals surface area (Å²) in [6.45, 7) is 2.36. The van der Waals surface area contributed by atoms with Crippen molar-refractivity contribution in [3.63, 3.8) is 0 Å². The van der Waals surface area contributed by atoms with Crippen molar-refractivity contribution in [2.75, 3.05) is 13.1 Å². The van der Waals surface area contributed by atoms with Gasteiger partial charge in [0.15, 0.2) is 10.4 Å². The Hall–Kier alpha value is -1.18. The minimum absolute atomic E-state index is 0.409. The molecule has 1 aliphatic rings. The molecule has 1 aliphatic heterocycles. The molecule has 2 aromatic rings. The molecule has 7 heteroatoms. The molecule has 0 bridgehead atoms. The third-order valence-corrected chi connectivity index (χ3v) is 4.04. The van der Waals surface area contributed by atoms with Crippen molar-refractivity contribution in [3.8, 4) is 11.7 Å². The van der Waals surface area contributed by atoms with E-state index < -0.39 is 0 Å². The molecule has 3 heterocycles. The highest BCUT2D eigenvalue weighted by atomic mass is 79.9. The van der Waals surface area contributed by atoms with Gasteiger partial charge >= 0.3 is 0 Å². The summed E-state index contributed by atoms with van der Waals surface area (Å²) in [5, 5.41) is 8.12. The van der Waals surface area contributed by atoms with E-state index >= 15 is 0 Å². The van der Waals surface area contributed by atoms with Crippen LogP contribution in [0, 0.1) is 0 Å². The Balaban J connectivity index is 1.70. The Morgan fingerprint density at radius 1 is 1.30 bits per heavy atom. The smallest absolute Gasteiger partial charge is 0.283 e. The number of halogens is 1. The van der Waals surface area contributed by atoms with Crippen molar-refractivity contribution in [3.05, 3.63) is 22.7 Å². The van der Waals surface area contributed by atoms with Crippen molar-refractivity contribution in [2.45, 2.75) is 31.8 Å². The molecule has 0 amide bonds. The molecule has 6 nitrogen and oxygen atoms in total. The van der Waals surface area contributed by atoms with Crippen LogP contribution in [0.15, 0.2) is 25.6 Å². The van der Waals surface area contributed by atoms with Crippen molar-refractivity contribution < 1.29 is 8.83 Å². The Bertz CT molecular complexity index is 568. The molecular formula is C13H17BrN4O2. The number of hydrogen-bond donors (Lipinski definition) is 1. The molecule has 2 N–H and O–H groups in total. The maximum atomic E-state index is 5.82. The first-order chi connectivity index (χ1) is 9.76. The minimum Gasteiger partial charge on any atom is -0.444 e. The molecule has 1 saturated heterocycles. The third kappa shape index (κ3) is 2.94. The van der Waals surface area contributed by atoms with Crippen LogP contribution in [-0.2, 0) is 6.54 Å². The van der Waals surface area contributed by atoms with E-state index in [4.69, 9.17) is 14.6 Å². The topological polar surface area (TPSA) is 81.3 Å². The lowest BCUT2D eigenvalue weighted by molar-refractivity contribution is 0.132. The van der Waals surface area contributed by atoms with E-state index in [9.17, 15) is 0 Å². The van der Waals surface area contributed by atoms with Crippen molar-refractivity contribution in [1.82, 2.24) is 15.1 Å². The second-order valence-electron chi connectivity index (χ2n) is 4.96. The zero-order valence-corrected chi connectivity index (χ0v) is 12.7. The number of aromatic nitrogens is 2. The SMILES string of the molecule is NCC1CCCCN1Cc1nnc(-c2ccc(Br)o2)o1. The number of piperidine rings is 1. The number of likely N-dealkylation sites (tertiary alicyclic amines) is 1. The van der Waals surface area contributed by atoms with Gasteiger partial charge < -0.3 is 14.6 Å². The molecule has 0 radical (unpaired) electrons. The molecule has 0 spiro atoms. The van der Waals surface area contributed by atoms with Crippen LogP contribution in [0.1, 0.15) is 25.2 Å². The normalized spacial score (nSPS) is 20.4. The van der Waals surface area contributed by atoms with Crippen LogP contribution in [0.5, 0.6) is 0 Å². The van der Waals surface area contributed by atoms with E-state index in [-0.39, 0.29) is 0 Å². The van der Waals surface area contributed by atoms with E-state index in [0.717, 1.165) is 13.0 Å². The summed E-state index contributed by atoms with van der Waals surface area (Å²) in [6.07, 6.45) is 3.58. The molecule has 0 saturated carbocycles. The molecule has 20 heavy (non-hydrogen) atoms. The summed E-state index contributed by atoms with van der Waals surface area (Å²) in [7, 11) is 0. The van der Waals surface area contributed by atoms with Gasteiger partial charge in [0.2, 0.25) is 5.89 Å². The molecule has 1 fully saturated rings. The summed E-state index contributed by atoms with van der Waals surface area (Å²) in [5.74, 6) is 1.59. The fraction of sp³-hybridized carbons (Fsp3) is 0.538. The van der Waals surface area contributed by atoms with Crippen molar-refractivity contribution >= 4 is 15.9 Å². The van der Waals surface area contributed by atoms with Gasteiger partial charge in [-0.05, 0) is 47.4 Å². The zero-order chi connectivity index (χ0) is 13.9. The molecule has 2 aromatic heterocycles. The van der Waals surface area contributed by atoms with Gasteiger partial charge in [0.1, 0.15) is 0 Å². The molecule has 3 rings (SSSR count). The summed E-state index contributed by atoms with van der Waals surface area (Å²) in [4.78, 5) is 2.32. The highest BCUT2D eigenvalue weighted by molar-refractivity contribution is 9.10. The highest BCUT2D eigenvalue weighted by Crippen LogP contribution is 2.25. The average Bonchev–Trinajstić information content (AvgIpc) is 3.08. The van der Waals surface area contributed by atoms with Gasteiger partial charge in [0, 0.05) is 12.6 Å². The summed E-state index contributed by atoms with van der Waals surface area (Å²) in [5.41, 5.74) is 5.82. The molecule has 108 valence electrons. The van der Waals surface area contributed by atoms with Crippen molar-refractivity contribution in [1.29, 1.82) is 0 Å². The van der Waals surface area contributed by atoms with Crippen LogP contribution < -0.4 is 5.73 Å². The Morgan fingerprint density at radius 3 is 2.95 bits per heavy atom. The quantitative estimate of drug-likeness (QED) is 0.920. The lowest BCUT2D eigenvalue weighted by Crippen LogP contribution is -2.43. The first-order valence-corrected chi connectivity index (χ1v) is 7.58. The highest BCUT2D eigenvalue weighted by Gasteiger charge is 2.23. The molecular weight excluding hydrogens is 324 g/mol. The first kappa shape index (κ1) is 13.8. The number of rotatable bonds is 4. The van der Waals surface area contributed by atoms with Crippen LogP contribution in [0.25, 0.3) is 11.7 Å². The Kier molecular flexibility index (Phi) is 4.18. The van der Waals surface area contributed by atoms with Gasteiger partial charge in [0.05, 0.1) is 6.54 Å². The van der Waals surface area contributed by atoms with E-state index in [0.29, 0.717) is 41.3 Å². The number of nitrogens with two attached hydrogens (primary N) is 1. The number of furan rings is 1. The first-order valence-electron chi connectivity index (χ1n) is 6.78. The van der Waals surface area contributed by atoms with Gasteiger partial charge in [-0.3, -0.25) is 4.90 Å². The summed E-state index contributed by atoms with van der Waals surface area (Å²) < 4.78 is 11.7. The fourth-order valence-corrected chi connectivity index (χ4v) is 2.86. The van der Waals surface area contributed by atoms with Crippen LogP contribution in [0.4, 0.5) is 0 Å². The second-order valence-corrected chi connectivity index (χ2v) is 5.74. The Labute approximate surface area is 125 Å². The van der Waals surface area contributed by atoms with Gasteiger partial charge in [-0.2, -0.15) is 0 Å². The van der Waals surface area contributed by atoms with Gasteiger partial charge in [-0.25, -0.2) is 0 Å². The van der Waals surface area contributed by atoms with E-state index in [1.807, 2.05) is 0 Å². The van der Waals surface area contributed by atoms with E-state index in [2.05, 4.69) is 31.0 Å². The second kappa shape index (κ2) is 6.07. The predicted octanol–water partition coefficient (Wildman–Crippen LogP) is 2.41. The van der Waals surface area contributed by atoms with Crippen LogP contribution in [0.3, 0.4) is 0 Å². The molecule has 1 atom stereocenters. The molecule has 0 aliphatic carbocycles. The number of nitrogens with zero attached hydrogens (tertiary/aromatic N) is 3.